The first-order valence-corrected chi connectivity index (χ1v) is 17.5. The average molecular weight is 638 g/mol. The quantitative estimate of drug-likeness (QED) is 0.181. The maximum Gasteiger partial charge on any atom is 0.0547 e. The zero-order chi connectivity index (χ0) is 33.4. The van der Waals surface area contributed by atoms with Gasteiger partial charge in [0.15, 0.2) is 0 Å². The largest absolute Gasteiger partial charge is 0.309 e. The Labute approximate surface area is 292 Å². The third kappa shape index (κ3) is 4.33. The van der Waals surface area contributed by atoms with Crippen molar-refractivity contribution < 1.29 is 0 Å². The van der Waals surface area contributed by atoms with Crippen molar-refractivity contribution in [1.29, 1.82) is 0 Å². The van der Waals surface area contributed by atoms with Gasteiger partial charge in [-0.25, -0.2) is 0 Å². The van der Waals surface area contributed by atoms with E-state index in [0.717, 1.165) is 5.69 Å². The van der Waals surface area contributed by atoms with Gasteiger partial charge < -0.3 is 4.57 Å². The summed E-state index contributed by atoms with van der Waals surface area (Å²) in [6.45, 7) is 4.72. The fraction of sp³-hybridized carbons (Fsp3) is 0.0612. The van der Waals surface area contributed by atoms with Crippen LogP contribution in [0.1, 0.15) is 25.0 Å². The van der Waals surface area contributed by atoms with Gasteiger partial charge in [0.2, 0.25) is 0 Å². The van der Waals surface area contributed by atoms with Crippen molar-refractivity contribution in [3.05, 3.63) is 187 Å². The van der Waals surface area contributed by atoms with Crippen LogP contribution in [0.2, 0.25) is 0 Å². The number of hydrogen-bond acceptors (Lipinski definition) is 0. The Balaban J connectivity index is 1.14. The standard InChI is InChI=1S/C49H35N/c1-49(2)44-19-11-9-18-41(44)48-42-31-43-40-17-10-12-20-46(40)50(47(43)30-35(42)23-26-45(48)49)39-24-21-34(22-25-39)38-28-36(32-13-5-3-6-14-32)27-37(29-38)33-15-7-4-8-16-33/h3-31H,1-2H3. The lowest BCUT2D eigenvalue weighted by molar-refractivity contribution is 0.661. The van der Waals surface area contributed by atoms with Crippen LogP contribution in [0.5, 0.6) is 0 Å². The summed E-state index contributed by atoms with van der Waals surface area (Å²) in [5, 5.41) is 5.17. The molecule has 0 N–H and O–H groups in total. The number of benzene rings is 8. The van der Waals surface area contributed by atoms with Crippen LogP contribution in [0.3, 0.4) is 0 Å². The van der Waals surface area contributed by atoms with Crippen LogP contribution in [0.15, 0.2) is 176 Å². The molecule has 0 amide bonds. The maximum atomic E-state index is 2.45. The molecule has 0 fully saturated rings. The Bertz CT molecular complexity index is 2690. The highest BCUT2D eigenvalue weighted by Crippen LogP contribution is 2.52. The summed E-state index contributed by atoms with van der Waals surface area (Å²) < 4.78 is 2.44. The van der Waals surface area contributed by atoms with Crippen molar-refractivity contribution in [3.8, 4) is 50.2 Å². The molecule has 9 aromatic rings. The van der Waals surface area contributed by atoms with Gasteiger partial charge in [-0.05, 0) is 115 Å². The van der Waals surface area contributed by atoms with Crippen molar-refractivity contribution in [2.24, 2.45) is 0 Å². The summed E-state index contributed by atoms with van der Waals surface area (Å²) >= 11 is 0. The molecule has 1 nitrogen and oxygen atoms in total. The second kappa shape index (κ2) is 10.9. The van der Waals surface area contributed by atoms with E-state index in [9.17, 15) is 0 Å². The minimum absolute atomic E-state index is 0.0205. The van der Waals surface area contributed by atoms with Gasteiger partial charge in [-0.15, -0.1) is 0 Å². The van der Waals surface area contributed by atoms with Gasteiger partial charge in [-0.3, -0.25) is 0 Å². The first-order valence-electron chi connectivity index (χ1n) is 17.5. The third-order valence-electron chi connectivity index (χ3n) is 11.0. The highest BCUT2D eigenvalue weighted by Gasteiger charge is 2.36. The van der Waals surface area contributed by atoms with Crippen molar-refractivity contribution in [3.63, 3.8) is 0 Å². The summed E-state index contributed by atoms with van der Waals surface area (Å²) in [7, 11) is 0. The van der Waals surface area contributed by atoms with Crippen LogP contribution >= 0.6 is 0 Å². The Hall–Kier alpha value is -6.18. The molecule has 236 valence electrons. The van der Waals surface area contributed by atoms with E-state index in [1.54, 1.807) is 0 Å². The molecule has 0 spiro atoms. The molecule has 0 saturated carbocycles. The van der Waals surface area contributed by atoms with Crippen LogP contribution < -0.4 is 0 Å². The van der Waals surface area contributed by atoms with Gasteiger partial charge in [-0.2, -0.15) is 0 Å². The molecule has 10 rings (SSSR count). The number of fused-ring (bicyclic) bond motifs is 8. The summed E-state index contributed by atoms with van der Waals surface area (Å²) in [6.07, 6.45) is 0. The van der Waals surface area contributed by atoms with Crippen molar-refractivity contribution in [1.82, 2.24) is 4.57 Å². The van der Waals surface area contributed by atoms with Gasteiger partial charge in [0.05, 0.1) is 11.0 Å². The zero-order valence-electron chi connectivity index (χ0n) is 28.2. The molecule has 1 heteroatoms. The highest BCUT2D eigenvalue weighted by atomic mass is 15.0. The Morgan fingerprint density at radius 3 is 1.64 bits per heavy atom. The lowest BCUT2D eigenvalue weighted by Gasteiger charge is -2.21. The normalized spacial score (nSPS) is 13.2. The van der Waals surface area contributed by atoms with Crippen LogP contribution in [0.25, 0.3) is 82.8 Å². The second-order valence-electron chi connectivity index (χ2n) is 14.2. The van der Waals surface area contributed by atoms with E-state index in [1.165, 1.54) is 88.2 Å². The van der Waals surface area contributed by atoms with E-state index < -0.39 is 0 Å². The summed E-state index contributed by atoms with van der Waals surface area (Å²) in [5.41, 5.74) is 16.5. The Morgan fingerprint density at radius 2 is 0.960 bits per heavy atom. The molecule has 0 radical (unpaired) electrons. The molecular weight excluding hydrogens is 603 g/mol. The minimum Gasteiger partial charge on any atom is -0.309 e. The van der Waals surface area contributed by atoms with Crippen molar-refractivity contribution in [2.75, 3.05) is 0 Å². The molecule has 0 saturated heterocycles. The smallest absolute Gasteiger partial charge is 0.0547 e. The number of rotatable bonds is 4. The fourth-order valence-electron chi connectivity index (χ4n) is 8.46. The third-order valence-corrected chi connectivity index (χ3v) is 11.0. The van der Waals surface area contributed by atoms with E-state index in [0.29, 0.717) is 0 Å². The molecule has 1 aliphatic rings. The van der Waals surface area contributed by atoms with Crippen LogP contribution in [0, 0.1) is 0 Å². The monoisotopic (exact) mass is 637 g/mol. The lowest BCUT2D eigenvalue weighted by Crippen LogP contribution is -2.14. The van der Waals surface area contributed by atoms with E-state index >= 15 is 0 Å². The number of aromatic nitrogens is 1. The molecular formula is C49H35N. The summed E-state index contributed by atoms with van der Waals surface area (Å²) in [5.74, 6) is 0. The number of hydrogen-bond donors (Lipinski definition) is 0. The SMILES string of the molecule is CC1(C)c2ccccc2-c2c1ccc1cc3c(cc21)c1ccccc1n3-c1ccc(-c2cc(-c3ccccc3)cc(-c3ccccc3)c2)cc1. The Kier molecular flexibility index (Phi) is 6.29. The van der Waals surface area contributed by atoms with Gasteiger partial charge in [0.1, 0.15) is 0 Å². The lowest BCUT2D eigenvalue weighted by atomic mass is 9.82. The summed E-state index contributed by atoms with van der Waals surface area (Å²) in [4.78, 5) is 0. The fourth-order valence-corrected chi connectivity index (χ4v) is 8.46. The van der Waals surface area contributed by atoms with Gasteiger partial charge >= 0.3 is 0 Å². The van der Waals surface area contributed by atoms with Crippen molar-refractivity contribution in [2.45, 2.75) is 19.3 Å². The van der Waals surface area contributed by atoms with E-state index in [1.807, 2.05) is 0 Å². The summed E-state index contributed by atoms with van der Waals surface area (Å²) in [6, 6.07) is 64.8. The molecule has 1 heterocycles. The average Bonchev–Trinajstić information content (AvgIpc) is 3.62. The molecule has 0 aliphatic heterocycles. The van der Waals surface area contributed by atoms with E-state index in [4.69, 9.17) is 0 Å². The number of nitrogens with zero attached hydrogens (tertiary/aromatic N) is 1. The van der Waals surface area contributed by atoms with Gasteiger partial charge in [0, 0.05) is 21.9 Å². The van der Waals surface area contributed by atoms with Crippen molar-refractivity contribution >= 4 is 32.6 Å². The molecule has 0 bridgehead atoms. The van der Waals surface area contributed by atoms with Gasteiger partial charge in [-0.1, -0.05) is 141 Å². The molecule has 1 aliphatic carbocycles. The predicted octanol–water partition coefficient (Wildman–Crippen LogP) is 13.2. The van der Waals surface area contributed by atoms with Crippen LogP contribution in [-0.4, -0.2) is 4.57 Å². The highest BCUT2D eigenvalue weighted by molar-refractivity contribution is 6.16. The number of para-hydroxylation sites is 1. The second-order valence-corrected chi connectivity index (χ2v) is 14.2. The first kappa shape index (κ1) is 28.8. The molecule has 0 unspecified atom stereocenters. The first-order chi connectivity index (χ1) is 24.5. The topological polar surface area (TPSA) is 4.93 Å². The molecule has 0 atom stereocenters. The van der Waals surface area contributed by atoms with E-state index in [2.05, 4.69) is 194 Å². The van der Waals surface area contributed by atoms with Crippen LogP contribution in [0.4, 0.5) is 0 Å². The molecule has 1 aromatic heterocycles. The van der Waals surface area contributed by atoms with E-state index in [-0.39, 0.29) is 5.41 Å². The maximum absolute atomic E-state index is 2.45. The predicted molar refractivity (Wildman–Crippen MR) is 212 cm³/mol. The zero-order valence-corrected chi connectivity index (χ0v) is 28.2. The molecule has 8 aromatic carbocycles. The Morgan fingerprint density at radius 1 is 0.380 bits per heavy atom. The minimum atomic E-state index is -0.0205. The van der Waals surface area contributed by atoms with Gasteiger partial charge in [0.25, 0.3) is 0 Å². The van der Waals surface area contributed by atoms with Crippen LogP contribution in [-0.2, 0) is 5.41 Å². The molecule has 50 heavy (non-hydrogen) atoms.